The zero-order valence-electron chi connectivity index (χ0n) is 13.2. The highest BCUT2D eigenvalue weighted by molar-refractivity contribution is 6.06. The predicted octanol–water partition coefficient (Wildman–Crippen LogP) is 2.76. The van der Waals surface area contributed by atoms with Crippen LogP contribution in [-0.4, -0.2) is 34.1 Å². The van der Waals surface area contributed by atoms with Crippen LogP contribution >= 0.6 is 0 Å². The molecule has 0 aliphatic heterocycles. The molecule has 8 nitrogen and oxygen atoms in total. The van der Waals surface area contributed by atoms with Crippen LogP contribution in [0.4, 0.5) is 5.69 Å². The number of aromatic carboxylic acids is 1. The first-order valence-corrected chi connectivity index (χ1v) is 6.85. The number of rotatable bonds is 4. The molecule has 0 saturated heterocycles. The fraction of sp³-hybridized carbons (Fsp3) is 0.188. The minimum Gasteiger partial charge on any atom is -0.478 e. The Balaban J connectivity index is 2.93. The van der Waals surface area contributed by atoms with E-state index in [2.05, 4.69) is 4.98 Å². The monoisotopic (exact) mass is 330 g/mol. The standard InChI is InChI=1S/C16H14N2O6/c1-8-12(15(19)20)14(13(9(2)17-8)16(21)24-3)10-5-4-6-11(7-10)18(22)23/h4-7H,1-3H3,(H,19,20). The van der Waals surface area contributed by atoms with Crippen LogP contribution in [0.5, 0.6) is 0 Å². The average molecular weight is 330 g/mol. The lowest BCUT2D eigenvalue weighted by Crippen LogP contribution is -2.15. The Labute approximate surface area is 136 Å². The van der Waals surface area contributed by atoms with Gasteiger partial charge in [0.1, 0.15) is 0 Å². The molecule has 0 unspecified atom stereocenters. The highest BCUT2D eigenvalue weighted by Gasteiger charge is 2.27. The third kappa shape index (κ3) is 2.94. The molecule has 124 valence electrons. The summed E-state index contributed by atoms with van der Waals surface area (Å²) in [6, 6.07) is 5.42. The third-order valence-corrected chi connectivity index (χ3v) is 3.51. The number of aryl methyl sites for hydroxylation is 2. The van der Waals surface area contributed by atoms with Crippen molar-refractivity contribution in [1.82, 2.24) is 4.98 Å². The summed E-state index contributed by atoms with van der Waals surface area (Å²) in [5.41, 5.74) is 0.341. The van der Waals surface area contributed by atoms with E-state index < -0.39 is 16.9 Å². The van der Waals surface area contributed by atoms with Gasteiger partial charge >= 0.3 is 11.9 Å². The molecule has 1 aromatic heterocycles. The van der Waals surface area contributed by atoms with Crippen LogP contribution in [0.1, 0.15) is 32.1 Å². The number of benzene rings is 1. The van der Waals surface area contributed by atoms with Crippen molar-refractivity contribution in [2.75, 3.05) is 7.11 Å². The Kier molecular flexibility index (Phi) is 4.59. The number of esters is 1. The number of carboxylic acids is 1. The molecule has 0 amide bonds. The summed E-state index contributed by atoms with van der Waals surface area (Å²) in [5, 5.41) is 20.5. The molecule has 0 fully saturated rings. The number of nitro groups is 1. The number of aromatic nitrogens is 1. The number of nitrogens with zero attached hydrogens (tertiary/aromatic N) is 2. The molecule has 0 spiro atoms. The van der Waals surface area contributed by atoms with Gasteiger partial charge < -0.3 is 9.84 Å². The van der Waals surface area contributed by atoms with Crippen LogP contribution in [0, 0.1) is 24.0 Å². The quantitative estimate of drug-likeness (QED) is 0.520. The lowest BCUT2D eigenvalue weighted by molar-refractivity contribution is -0.384. The van der Waals surface area contributed by atoms with Crippen molar-refractivity contribution in [3.05, 3.63) is 56.9 Å². The molecule has 24 heavy (non-hydrogen) atoms. The van der Waals surface area contributed by atoms with Crippen molar-refractivity contribution in [2.24, 2.45) is 0 Å². The maximum Gasteiger partial charge on any atom is 0.340 e. The summed E-state index contributed by atoms with van der Waals surface area (Å²) in [6.45, 7) is 3.05. The molecular formula is C16H14N2O6. The van der Waals surface area contributed by atoms with Gasteiger partial charge in [-0.15, -0.1) is 0 Å². The first-order chi connectivity index (χ1) is 11.3. The zero-order chi connectivity index (χ0) is 18.0. The second-order valence-electron chi connectivity index (χ2n) is 5.01. The Hall–Kier alpha value is -3.29. The fourth-order valence-corrected chi connectivity index (χ4v) is 2.53. The Bertz CT molecular complexity index is 860. The summed E-state index contributed by atoms with van der Waals surface area (Å²) >= 11 is 0. The molecule has 0 aliphatic rings. The number of carbonyl (C=O) groups excluding carboxylic acids is 1. The van der Waals surface area contributed by atoms with Gasteiger partial charge in [0.2, 0.25) is 0 Å². The summed E-state index contributed by atoms with van der Waals surface area (Å²) in [6.07, 6.45) is 0. The first kappa shape index (κ1) is 17.1. The number of methoxy groups -OCH3 is 1. The van der Waals surface area contributed by atoms with Crippen molar-refractivity contribution < 1.29 is 24.4 Å². The van der Waals surface area contributed by atoms with Gasteiger partial charge in [0.05, 0.1) is 34.5 Å². The van der Waals surface area contributed by atoms with Gasteiger partial charge in [-0.2, -0.15) is 0 Å². The van der Waals surface area contributed by atoms with E-state index in [1.54, 1.807) is 6.92 Å². The molecule has 1 heterocycles. The van der Waals surface area contributed by atoms with Gasteiger partial charge in [-0.1, -0.05) is 12.1 Å². The molecule has 8 heteroatoms. The molecule has 0 saturated carbocycles. The van der Waals surface area contributed by atoms with Crippen LogP contribution in [0.3, 0.4) is 0 Å². The second kappa shape index (κ2) is 6.45. The van der Waals surface area contributed by atoms with Crippen molar-refractivity contribution in [2.45, 2.75) is 13.8 Å². The molecular weight excluding hydrogens is 316 g/mol. The molecule has 2 aromatic rings. The van der Waals surface area contributed by atoms with Gasteiger partial charge in [-0.05, 0) is 19.4 Å². The van der Waals surface area contributed by atoms with Crippen LogP contribution in [0.15, 0.2) is 24.3 Å². The normalized spacial score (nSPS) is 10.3. The second-order valence-corrected chi connectivity index (χ2v) is 5.01. The van der Waals surface area contributed by atoms with Crippen LogP contribution in [-0.2, 0) is 4.74 Å². The topological polar surface area (TPSA) is 120 Å². The molecule has 1 aromatic carbocycles. The smallest absolute Gasteiger partial charge is 0.340 e. The largest absolute Gasteiger partial charge is 0.478 e. The van der Waals surface area contributed by atoms with Gasteiger partial charge in [0.25, 0.3) is 5.69 Å². The first-order valence-electron chi connectivity index (χ1n) is 6.85. The summed E-state index contributed by atoms with van der Waals surface area (Å²) in [4.78, 5) is 38.3. The van der Waals surface area contributed by atoms with Gasteiger partial charge in [0.15, 0.2) is 0 Å². The van der Waals surface area contributed by atoms with E-state index in [0.717, 1.165) is 0 Å². The Morgan fingerprint density at radius 3 is 2.38 bits per heavy atom. The van der Waals surface area contributed by atoms with Crippen LogP contribution in [0.2, 0.25) is 0 Å². The van der Waals surface area contributed by atoms with Gasteiger partial charge in [-0.25, -0.2) is 9.59 Å². The molecule has 0 atom stereocenters. The molecule has 0 aliphatic carbocycles. The highest BCUT2D eigenvalue weighted by Crippen LogP contribution is 2.33. The van der Waals surface area contributed by atoms with Gasteiger partial charge in [0, 0.05) is 17.7 Å². The number of hydrogen-bond acceptors (Lipinski definition) is 6. The highest BCUT2D eigenvalue weighted by atomic mass is 16.6. The number of non-ortho nitro benzene ring substituents is 1. The number of pyridine rings is 1. The van der Waals surface area contributed by atoms with Crippen molar-refractivity contribution >= 4 is 17.6 Å². The maximum atomic E-state index is 12.1. The van der Waals surface area contributed by atoms with Crippen molar-refractivity contribution in [3.63, 3.8) is 0 Å². The number of carboxylic acid groups (broad SMARTS) is 1. The number of ether oxygens (including phenoxy) is 1. The Morgan fingerprint density at radius 1 is 1.21 bits per heavy atom. The SMILES string of the molecule is COC(=O)c1c(C)nc(C)c(C(=O)O)c1-c1cccc([N+](=O)[O-])c1. The number of nitro benzene ring substituents is 1. The average Bonchev–Trinajstić information content (AvgIpc) is 2.53. The third-order valence-electron chi connectivity index (χ3n) is 3.51. The lowest BCUT2D eigenvalue weighted by atomic mass is 9.92. The lowest BCUT2D eigenvalue weighted by Gasteiger charge is -2.15. The molecule has 0 bridgehead atoms. The van der Waals surface area contributed by atoms with E-state index in [1.807, 2.05) is 0 Å². The molecule has 0 radical (unpaired) electrons. The summed E-state index contributed by atoms with van der Waals surface area (Å²) in [7, 11) is 1.17. The van der Waals surface area contributed by atoms with E-state index in [0.29, 0.717) is 0 Å². The van der Waals surface area contributed by atoms with Crippen LogP contribution in [0.25, 0.3) is 11.1 Å². The van der Waals surface area contributed by atoms with E-state index >= 15 is 0 Å². The van der Waals surface area contributed by atoms with Crippen molar-refractivity contribution in [3.8, 4) is 11.1 Å². The van der Waals surface area contributed by atoms with E-state index in [9.17, 15) is 24.8 Å². The van der Waals surface area contributed by atoms with Crippen LogP contribution < -0.4 is 0 Å². The number of carbonyl (C=O) groups is 2. The van der Waals surface area contributed by atoms with E-state index in [1.165, 1.54) is 38.3 Å². The predicted molar refractivity (Wildman–Crippen MR) is 84.1 cm³/mol. The molecule has 2 rings (SSSR count). The van der Waals surface area contributed by atoms with E-state index in [4.69, 9.17) is 4.74 Å². The maximum absolute atomic E-state index is 12.1. The fourth-order valence-electron chi connectivity index (χ4n) is 2.53. The van der Waals surface area contributed by atoms with E-state index in [-0.39, 0.29) is 39.3 Å². The zero-order valence-corrected chi connectivity index (χ0v) is 13.2. The summed E-state index contributed by atoms with van der Waals surface area (Å²) in [5.74, 6) is -2.05. The minimum absolute atomic E-state index is 0.0269. The van der Waals surface area contributed by atoms with Crippen molar-refractivity contribution in [1.29, 1.82) is 0 Å². The Morgan fingerprint density at radius 2 is 1.83 bits per heavy atom. The summed E-state index contributed by atoms with van der Waals surface area (Å²) < 4.78 is 4.73. The number of hydrogen-bond donors (Lipinski definition) is 1. The minimum atomic E-state index is -1.29. The molecule has 1 N–H and O–H groups in total. The van der Waals surface area contributed by atoms with Gasteiger partial charge in [-0.3, -0.25) is 15.1 Å².